The molecule has 3 N–H and O–H groups in total. The minimum absolute atomic E-state index is 0.358. The summed E-state index contributed by atoms with van der Waals surface area (Å²) in [6, 6.07) is 14.9. The molecule has 28 heavy (non-hydrogen) atoms. The van der Waals surface area contributed by atoms with E-state index in [0.29, 0.717) is 47.5 Å². The van der Waals surface area contributed by atoms with Crippen LogP contribution in [0.3, 0.4) is 0 Å². The number of aryl methyl sites for hydroxylation is 2. The molecule has 0 aliphatic heterocycles. The molecule has 0 saturated carbocycles. The smallest absolute Gasteiger partial charge is 0.153 e. The first kappa shape index (κ1) is 18.7. The predicted molar refractivity (Wildman–Crippen MR) is 105 cm³/mol. The molecule has 2 heterocycles. The van der Waals surface area contributed by atoms with Gasteiger partial charge < -0.3 is 15.4 Å². The summed E-state index contributed by atoms with van der Waals surface area (Å²) in [5, 5.41) is 31.6. The number of benzene rings is 1. The van der Waals surface area contributed by atoms with Gasteiger partial charge in [0.05, 0.1) is 23.7 Å². The second-order valence-electron chi connectivity index (χ2n) is 6.14. The maximum Gasteiger partial charge on any atom is 0.153 e. The van der Waals surface area contributed by atoms with Crippen LogP contribution >= 0.6 is 0 Å². The van der Waals surface area contributed by atoms with Crippen LogP contribution in [0.2, 0.25) is 0 Å². The third-order valence-corrected chi connectivity index (χ3v) is 3.92. The van der Waals surface area contributed by atoms with Crippen molar-refractivity contribution in [2.45, 2.75) is 13.8 Å². The fraction of sp³-hybridized carbons (Fsp3) is 0.200. The summed E-state index contributed by atoms with van der Waals surface area (Å²) in [6.07, 6.45) is 0. The van der Waals surface area contributed by atoms with Gasteiger partial charge in [0.15, 0.2) is 5.82 Å². The Morgan fingerprint density at radius 1 is 1.11 bits per heavy atom. The number of hydrogen-bond acceptors (Lipinski definition) is 7. The van der Waals surface area contributed by atoms with Gasteiger partial charge in [-0.1, -0.05) is 6.07 Å². The molecule has 0 radical (unpaired) electrons. The Labute approximate surface area is 162 Å². The lowest BCUT2D eigenvalue weighted by Gasteiger charge is -2.12. The van der Waals surface area contributed by atoms with Gasteiger partial charge in [-0.25, -0.2) is 4.98 Å². The second-order valence-corrected chi connectivity index (χ2v) is 6.14. The fourth-order valence-electron chi connectivity index (χ4n) is 2.61. The first-order valence-electron chi connectivity index (χ1n) is 8.66. The molecule has 0 aliphatic carbocycles. The lowest BCUT2D eigenvalue weighted by molar-refractivity contribution is 0.332. The highest BCUT2D eigenvalue weighted by Crippen LogP contribution is 2.22. The van der Waals surface area contributed by atoms with Crippen molar-refractivity contribution in [2.24, 2.45) is 0 Å². The maximum absolute atomic E-state index is 9.45. The number of hydrogen-bond donors (Lipinski definition) is 3. The zero-order valence-corrected chi connectivity index (χ0v) is 15.6. The van der Waals surface area contributed by atoms with E-state index in [-0.39, 0.29) is 0 Å². The van der Waals surface area contributed by atoms with Crippen LogP contribution in [0.5, 0.6) is 5.75 Å². The van der Waals surface area contributed by atoms with Crippen LogP contribution < -0.4 is 15.4 Å². The van der Waals surface area contributed by atoms with E-state index in [9.17, 15) is 5.26 Å². The normalized spacial score (nSPS) is 10.0. The number of H-pyrrole nitrogens is 1. The number of rotatable bonds is 7. The molecule has 0 unspecified atom stereocenters. The highest BCUT2D eigenvalue weighted by Gasteiger charge is 2.11. The third-order valence-electron chi connectivity index (χ3n) is 3.92. The van der Waals surface area contributed by atoms with E-state index in [1.165, 1.54) is 0 Å². The topological polar surface area (TPSA) is 122 Å². The minimum Gasteiger partial charge on any atom is -0.492 e. The largest absolute Gasteiger partial charge is 0.492 e. The summed E-state index contributed by atoms with van der Waals surface area (Å²) in [7, 11) is 0. The summed E-state index contributed by atoms with van der Waals surface area (Å²) in [6.45, 7) is 4.57. The molecule has 1 aromatic carbocycles. The zero-order valence-electron chi connectivity index (χ0n) is 15.6. The third kappa shape index (κ3) is 4.57. The van der Waals surface area contributed by atoms with Crippen molar-refractivity contribution in [3.8, 4) is 17.9 Å². The molecule has 8 heteroatoms. The van der Waals surface area contributed by atoms with Gasteiger partial charge in [-0.2, -0.15) is 15.6 Å². The Kier molecular flexibility index (Phi) is 5.73. The van der Waals surface area contributed by atoms with E-state index in [1.807, 2.05) is 19.9 Å². The number of ether oxygens (including phenoxy) is 1. The summed E-state index contributed by atoms with van der Waals surface area (Å²) < 4.78 is 5.65. The van der Waals surface area contributed by atoms with Crippen molar-refractivity contribution in [1.29, 1.82) is 10.5 Å². The molecule has 0 fully saturated rings. The van der Waals surface area contributed by atoms with E-state index in [2.05, 4.69) is 38.0 Å². The van der Waals surface area contributed by atoms with Crippen LogP contribution in [-0.4, -0.2) is 28.3 Å². The highest BCUT2D eigenvalue weighted by molar-refractivity contribution is 5.63. The Hall–Kier alpha value is -4.04. The van der Waals surface area contributed by atoms with Crippen LogP contribution in [0.4, 0.5) is 17.5 Å². The monoisotopic (exact) mass is 373 g/mol. The molecule has 3 rings (SSSR count). The number of nitriles is 2. The molecule has 140 valence electrons. The van der Waals surface area contributed by atoms with Gasteiger partial charge in [0.25, 0.3) is 0 Å². The quantitative estimate of drug-likeness (QED) is 0.542. The van der Waals surface area contributed by atoms with Crippen LogP contribution in [0.15, 0.2) is 36.4 Å². The highest BCUT2D eigenvalue weighted by atomic mass is 16.5. The molecule has 0 spiro atoms. The van der Waals surface area contributed by atoms with Crippen LogP contribution in [-0.2, 0) is 0 Å². The average Bonchev–Trinajstić information content (AvgIpc) is 3.10. The summed E-state index contributed by atoms with van der Waals surface area (Å²) in [5.74, 6) is 2.34. The van der Waals surface area contributed by atoms with Crippen molar-refractivity contribution < 1.29 is 4.74 Å². The van der Waals surface area contributed by atoms with Crippen molar-refractivity contribution in [2.75, 3.05) is 23.8 Å². The van der Waals surface area contributed by atoms with Crippen molar-refractivity contribution in [1.82, 2.24) is 15.2 Å². The van der Waals surface area contributed by atoms with E-state index >= 15 is 0 Å². The number of aromatic amines is 1. The lowest BCUT2D eigenvalue weighted by Crippen LogP contribution is -2.14. The van der Waals surface area contributed by atoms with Gasteiger partial charge in [0.1, 0.15) is 30.1 Å². The number of nitrogens with zero attached hydrogens (tertiary/aromatic N) is 4. The standard InChI is InChI=1S/C20H19N7O/c1-13-8-18(24-19-9-14(2)26-27-19)25-20(17(13)12-22)23-6-7-28-16-5-3-4-15(10-16)11-21/h3-5,8-10H,6-7H2,1-2H3,(H3,23,24,25,26,27). The Balaban J connectivity index is 1.66. The van der Waals surface area contributed by atoms with E-state index in [1.54, 1.807) is 30.3 Å². The molecular weight excluding hydrogens is 354 g/mol. The van der Waals surface area contributed by atoms with Crippen LogP contribution in [0, 0.1) is 36.5 Å². The average molecular weight is 373 g/mol. The lowest BCUT2D eigenvalue weighted by atomic mass is 10.1. The molecule has 0 atom stereocenters. The molecular formula is C20H19N7O. The number of aromatic nitrogens is 3. The molecule has 0 amide bonds. The molecule has 3 aromatic rings. The summed E-state index contributed by atoms with van der Waals surface area (Å²) >= 11 is 0. The van der Waals surface area contributed by atoms with E-state index in [4.69, 9.17) is 10.00 Å². The van der Waals surface area contributed by atoms with Crippen LogP contribution in [0.25, 0.3) is 0 Å². The fourth-order valence-corrected chi connectivity index (χ4v) is 2.61. The van der Waals surface area contributed by atoms with Gasteiger partial charge in [0.2, 0.25) is 0 Å². The molecule has 0 saturated heterocycles. The predicted octanol–water partition coefficient (Wildman–Crippen LogP) is 3.40. The number of pyridine rings is 1. The second kappa shape index (κ2) is 8.56. The zero-order chi connectivity index (χ0) is 19.9. The van der Waals surface area contributed by atoms with E-state index in [0.717, 1.165) is 11.3 Å². The molecule has 8 nitrogen and oxygen atoms in total. The first-order chi connectivity index (χ1) is 13.6. The first-order valence-corrected chi connectivity index (χ1v) is 8.66. The summed E-state index contributed by atoms with van der Waals surface area (Å²) in [4.78, 5) is 4.48. The molecule has 2 aromatic heterocycles. The van der Waals surface area contributed by atoms with Gasteiger partial charge in [-0.15, -0.1) is 0 Å². The van der Waals surface area contributed by atoms with Crippen molar-refractivity contribution in [3.05, 3.63) is 58.8 Å². The Morgan fingerprint density at radius 3 is 2.68 bits per heavy atom. The summed E-state index contributed by atoms with van der Waals surface area (Å²) in [5.41, 5.74) is 2.76. The maximum atomic E-state index is 9.45. The van der Waals surface area contributed by atoms with Crippen LogP contribution in [0.1, 0.15) is 22.4 Å². The van der Waals surface area contributed by atoms with Gasteiger partial charge in [0, 0.05) is 11.8 Å². The molecule has 0 bridgehead atoms. The van der Waals surface area contributed by atoms with E-state index < -0.39 is 0 Å². The van der Waals surface area contributed by atoms with Crippen molar-refractivity contribution >= 4 is 17.5 Å². The van der Waals surface area contributed by atoms with Gasteiger partial charge in [-0.3, -0.25) is 5.10 Å². The van der Waals surface area contributed by atoms with Crippen molar-refractivity contribution in [3.63, 3.8) is 0 Å². The van der Waals surface area contributed by atoms with Gasteiger partial charge >= 0.3 is 0 Å². The SMILES string of the molecule is Cc1cc(Nc2cc(C)c(C#N)c(NCCOc3cccc(C#N)c3)n2)n[nH]1. The Bertz CT molecular complexity index is 1060. The van der Waals surface area contributed by atoms with Gasteiger partial charge in [-0.05, 0) is 43.7 Å². The Morgan fingerprint density at radius 2 is 1.96 bits per heavy atom. The number of anilines is 3. The number of nitrogens with one attached hydrogen (secondary N) is 3. The molecule has 0 aliphatic rings. The minimum atomic E-state index is 0.358.